The van der Waals surface area contributed by atoms with Crippen LogP contribution in [-0.4, -0.2) is 55.0 Å². The first kappa shape index (κ1) is 22.2. The van der Waals surface area contributed by atoms with E-state index in [1.807, 2.05) is 6.92 Å². The Bertz CT molecular complexity index is 1020. The normalized spacial score (nSPS) is 12.5. The second-order valence-electron chi connectivity index (χ2n) is 6.78. The molecule has 3 rings (SSSR count). The van der Waals surface area contributed by atoms with E-state index in [4.69, 9.17) is 4.74 Å². The van der Waals surface area contributed by atoms with Gasteiger partial charge in [0, 0.05) is 24.5 Å². The minimum Gasteiger partial charge on any atom is -0.475 e. The number of ether oxygens (including phenoxy) is 1. The van der Waals surface area contributed by atoms with Crippen LogP contribution in [0.15, 0.2) is 42.9 Å². The summed E-state index contributed by atoms with van der Waals surface area (Å²) in [6.07, 6.45) is -0.774. The quantitative estimate of drug-likeness (QED) is 0.567. The number of likely N-dealkylation sites (N-methyl/N-ethyl adjacent to an activating group) is 1. The molecule has 1 amide bonds. The Morgan fingerprint density at radius 2 is 1.90 bits per heavy atom. The number of hydrogen-bond donors (Lipinski definition) is 0. The zero-order valence-electron chi connectivity index (χ0n) is 17.2. The Balaban J connectivity index is 1.74. The molecule has 0 saturated heterocycles. The van der Waals surface area contributed by atoms with Crippen LogP contribution in [0, 0.1) is 6.92 Å². The number of nitrogens with zero attached hydrogens (tertiary/aromatic N) is 6. The molecule has 0 aliphatic rings. The summed E-state index contributed by atoms with van der Waals surface area (Å²) in [6, 6.07) is 5.05. The highest BCUT2D eigenvalue weighted by Crippen LogP contribution is 2.29. The second-order valence-corrected chi connectivity index (χ2v) is 6.78. The van der Waals surface area contributed by atoms with Gasteiger partial charge in [-0.05, 0) is 39.0 Å². The van der Waals surface area contributed by atoms with Gasteiger partial charge in [-0.25, -0.2) is 9.97 Å². The molecule has 3 aromatic heterocycles. The number of aromatic nitrogens is 5. The van der Waals surface area contributed by atoms with E-state index in [-0.39, 0.29) is 24.4 Å². The van der Waals surface area contributed by atoms with Crippen molar-refractivity contribution in [3.8, 4) is 11.7 Å². The minimum absolute atomic E-state index is 0.0433. The number of halogens is 3. The molecule has 31 heavy (non-hydrogen) atoms. The monoisotopic (exact) mass is 434 g/mol. The van der Waals surface area contributed by atoms with Gasteiger partial charge in [-0.2, -0.15) is 23.4 Å². The number of hydrogen-bond acceptors (Lipinski definition) is 6. The maximum absolute atomic E-state index is 13.2. The molecule has 0 fully saturated rings. The lowest BCUT2D eigenvalue weighted by Crippen LogP contribution is -2.42. The first-order valence-corrected chi connectivity index (χ1v) is 9.52. The van der Waals surface area contributed by atoms with Gasteiger partial charge in [-0.1, -0.05) is 0 Å². The lowest BCUT2D eigenvalue weighted by Gasteiger charge is -2.28. The molecule has 8 nitrogen and oxygen atoms in total. The highest BCUT2D eigenvalue weighted by molar-refractivity contribution is 5.97. The predicted molar refractivity (Wildman–Crippen MR) is 105 cm³/mol. The maximum atomic E-state index is 13.2. The maximum Gasteiger partial charge on any atom is 0.417 e. The average Bonchev–Trinajstić information content (AvgIpc) is 3.27. The number of amides is 1. The van der Waals surface area contributed by atoms with Crippen molar-refractivity contribution in [1.29, 1.82) is 0 Å². The van der Waals surface area contributed by atoms with Gasteiger partial charge < -0.3 is 9.64 Å². The van der Waals surface area contributed by atoms with Crippen molar-refractivity contribution in [2.24, 2.45) is 0 Å². The molecule has 164 valence electrons. The van der Waals surface area contributed by atoms with Gasteiger partial charge in [0.25, 0.3) is 5.91 Å². The Hall–Kier alpha value is -3.50. The van der Waals surface area contributed by atoms with Crippen LogP contribution in [0.5, 0.6) is 5.88 Å². The molecule has 3 aromatic rings. The number of pyridine rings is 2. The predicted octanol–water partition coefficient (Wildman–Crippen LogP) is 3.31. The van der Waals surface area contributed by atoms with Gasteiger partial charge in [0.1, 0.15) is 6.61 Å². The molecule has 0 aliphatic carbocycles. The smallest absolute Gasteiger partial charge is 0.417 e. The van der Waals surface area contributed by atoms with E-state index in [0.29, 0.717) is 29.8 Å². The van der Waals surface area contributed by atoms with Gasteiger partial charge in [0.05, 0.1) is 29.6 Å². The third kappa shape index (κ3) is 5.16. The van der Waals surface area contributed by atoms with E-state index in [0.717, 1.165) is 12.1 Å². The van der Waals surface area contributed by atoms with Gasteiger partial charge >= 0.3 is 6.18 Å². The van der Waals surface area contributed by atoms with Gasteiger partial charge in [-0.15, -0.1) is 4.80 Å². The van der Waals surface area contributed by atoms with Crippen LogP contribution < -0.4 is 4.74 Å². The van der Waals surface area contributed by atoms with E-state index < -0.39 is 11.7 Å². The van der Waals surface area contributed by atoms with Crippen LogP contribution in [0.3, 0.4) is 0 Å². The largest absolute Gasteiger partial charge is 0.475 e. The summed E-state index contributed by atoms with van der Waals surface area (Å²) in [5.41, 5.74) is 0.171. The van der Waals surface area contributed by atoms with Gasteiger partial charge in [-0.3, -0.25) is 4.79 Å². The Morgan fingerprint density at radius 1 is 1.19 bits per heavy atom. The van der Waals surface area contributed by atoms with E-state index in [2.05, 4.69) is 20.2 Å². The summed E-state index contributed by atoms with van der Waals surface area (Å²) < 4.78 is 43.5. The zero-order valence-corrected chi connectivity index (χ0v) is 17.2. The number of rotatable bonds is 7. The van der Waals surface area contributed by atoms with Gasteiger partial charge in [0.2, 0.25) is 5.88 Å². The fraction of sp³-hybridized carbons (Fsp3) is 0.350. The summed E-state index contributed by atoms with van der Waals surface area (Å²) in [7, 11) is 0. The van der Waals surface area contributed by atoms with Crippen LogP contribution in [0.2, 0.25) is 0 Å². The highest BCUT2D eigenvalue weighted by atomic mass is 19.4. The molecule has 1 atom stereocenters. The second kappa shape index (κ2) is 9.11. The minimum atomic E-state index is -4.46. The Morgan fingerprint density at radius 3 is 2.48 bits per heavy atom. The van der Waals surface area contributed by atoms with Crippen LogP contribution in [-0.2, 0) is 6.18 Å². The molecule has 0 radical (unpaired) electrons. The summed E-state index contributed by atoms with van der Waals surface area (Å²) in [5.74, 6) is 0.0616. The third-order valence-electron chi connectivity index (χ3n) is 4.52. The molecule has 0 aliphatic heterocycles. The fourth-order valence-corrected chi connectivity index (χ4v) is 2.93. The van der Waals surface area contributed by atoms with E-state index in [1.54, 1.807) is 30.9 Å². The zero-order chi connectivity index (χ0) is 22.6. The Kier molecular flexibility index (Phi) is 6.52. The molecular weight excluding hydrogens is 413 g/mol. The summed E-state index contributed by atoms with van der Waals surface area (Å²) in [4.78, 5) is 24.2. The van der Waals surface area contributed by atoms with Crippen molar-refractivity contribution in [3.05, 3.63) is 59.7 Å². The van der Waals surface area contributed by atoms with Crippen molar-refractivity contribution in [1.82, 2.24) is 29.9 Å². The number of carbonyl (C=O) groups is 1. The first-order chi connectivity index (χ1) is 14.7. The number of carbonyl (C=O) groups excluding carboxylic acids is 1. The van der Waals surface area contributed by atoms with Crippen LogP contribution >= 0.6 is 0 Å². The lowest BCUT2D eigenvalue weighted by atomic mass is 10.1. The molecule has 0 aromatic carbocycles. The third-order valence-corrected chi connectivity index (χ3v) is 4.52. The van der Waals surface area contributed by atoms with E-state index in [9.17, 15) is 18.0 Å². The molecule has 0 unspecified atom stereocenters. The standard InChI is InChI=1S/C20H21F3N6O2/c1-4-28(14(3)12-31-17-8-6-15(11-24-17)20(21,22)23)19(30)16-7-5-13(2)27-18(16)29-25-9-10-26-29/h5-11,14H,4,12H2,1-3H3/t14-/m0/s1. The molecule has 0 saturated carbocycles. The SMILES string of the molecule is CCN(C(=O)c1ccc(C)nc1-n1nccn1)[C@@H](C)COc1ccc(C(F)(F)F)cn1. The van der Waals surface area contributed by atoms with Crippen molar-refractivity contribution in [2.75, 3.05) is 13.2 Å². The van der Waals surface area contributed by atoms with E-state index in [1.165, 1.54) is 17.2 Å². The molecular formula is C20H21F3N6O2. The van der Waals surface area contributed by atoms with Crippen molar-refractivity contribution >= 4 is 5.91 Å². The lowest BCUT2D eigenvalue weighted by molar-refractivity contribution is -0.137. The number of alkyl halides is 3. The Labute approximate surface area is 176 Å². The van der Waals surface area contributed by atoms with Crippen LogP contribution in [0.1, 0.15) is 35.5 Å². The number of aryl methyl sites for hydroxylation is 1. The summed E-state index contributed by atoms with van der Waals surface area (Å²) in [5, 5.41) is 8.12. The van der Waals surface area contributed by atoms with Crippen molar-refractivity contribution in [2.45, 2.75) is 33.0 Å². The average molecular weight is 434 g/mol. The molecule has 0 N–H and O–H groups in total. The first-order valence-electron chi connectivity index (χ1n) is 9.52. The molecule has 0 spiro atoms. The molecule has 3 heterocycles. The molecule has 0 bridgehead atoms. The topological polar surface area (TPSA) is 86.0 Å². The van der Waals surface area contributed by atoms with Gasteiger partial charge in [0.15, 0.2) is 5.82 Å². The summed E-state index contributed by atoms with van der Waals surface area (Å²) >= 11 is 0. The van der Waals surface area contributed by atoms with E-state index >= 15 is 0 Å². The van der Waals surface area contributed by atoms with Crippen LogP contribution in [0.25, 0.3) is 5.82 Å². The highest BCUT2D eigenvalue weighted by Gasteiger charge is 2.31. The van der Waals surface area contributed by atoms with Crippen LogP contribution in [0.4, 0.5) is 13.2 Å². The fourth-order valence-electron chi connectivity index (χ4n) is 2.93. The molecule has 11 heteroatoms. The van der Waals surface area contributed by atoms with Crippen molar-refractivity contribution < 1.29 is 22.7 Å². The van der Waals surface area contributed by atoms with Crippen molar-refractivity contribution in [3.63, 3.8) is 0 Å². The summed E-state index contributed by atoms with van der Waals surface area (Å²) in [6.45, 7) is 5.82.